The molecule has 12 heavy (non-hydrogen) atoms. The highest BCUT2D eigenvalue weighted by Crippen LogP contribution is 2.46. The van der Waals surface area contributed by atoms with E-state index >= 15 is 0 Å². The lowest BCUT2D eigenvalue weighted by atomic mass is 9.80. The SMILES string of the molecule is CC1=CCC2(C)CCC=C2CC1. The Kier molecular flexibility index (Phi) is 1.86. The molecule has 0 saturated carbocycles. The molecule has 0 heterocycles. The quantitative estimate of drug-likeness (QED) is 0.475. The van der Waals surface area contributed by atoms with Gasteiger partial charge in [0.05, 0.1) is 0 Å². The van der Waals surface area contributed by atoms with Gasteiger partial charge in [-0.15, -0.1) is 0 Å². The van der Waals surface area contributed by atoms with Crippen molar-refractivity contribution < 1.29 is 0 Å². The molecule has 0 nitrogen and oxygen atoms in total. The van der Waals surface area contributed by atoms with Gasteiger partial charge in [0.2, 0.25) is 0 Å². The Morgan fingerprint density at radius 3 is 2.92 bits per heavy atom. The maximum absolute atomic E-state index is 2.48. The van der Waals surface area contributed by atoms with Crippen LogP contribution in [0.4, 0.5) is 0 Å². The molecule has 0 aliphatic heterocycles. The van der Waals surface area contributed by atoms with E-state index in [9.17, 15) is 0 Å². The molecule has 0 radical (unpaired) electrons. The molecule has 0 amide bonds. The zero-order chi connectivity index (χ0) is 8.60. The largest absolute Gasteiger partial charge is 0.0847 e. The second-order valence-corrected chi connectivity index (χ2v) is 4.58. The fourth-order valence-electron chi connectivity index (χ4n) is 2.44. The van der Waals surface area contributed by atoms with Crippen molar-refractivity contribution in [3.63, 3.8) is 0 Å². The molecule has 2 rings (SSSR count). The van der Waals surface area contributed by atoms with Gasteiger partial charge >= 0.3 is 0 Å². The normalized spacial score (nSPS) is 35.2. The summed E-state index contributed by atoms with van der Waals surface area (Å²) in [6.45, 7) is 4.70. The van der Waals surface area contributed by atoms with Crippen LogP contribution in [0, 0.1) is 5.41 Å². The van der Waals surface area contributed by atoms with Crippen molar-refractivity contribution in [3.05, 3.63) is 23.3 Å². The fourth-order valence-corrected chi connectivity index (χ4v) is 2.44. The Morgan fingerprint density at radius 2 is 2.08 bits per heavy atom. The van der Waals surface area contributed by atoms with Crippen LogP contribution in [0.25, 0.3) is 0 Å². The number of fused-ring (bicyclic) bond motifs is 1. The number of rotatable bonds is 0. The first kappa shape index (κ1) is 8.10. The summed E-state index contributed by atoms with van der Waals surface area (Å²) >= 11 is 0. The monoisotopic (exact) mass is 162 g/mol. The van der Waals surface area contributed by atoms with Crippen molar-refractivity contribution in [2.24, 2.45) is 5.41 Å². The second kappa shape index (κ2) is 2.76. The van der Waals surface area contributed by atoms with E-state index in [4.69, 9.17) is 0 Å². The Hall–Kier alpha value is -0.520. The molecule has 0 aromatic heterocycles. The molecule has 1 unspecified atom stereocenters. The highest BCUT2D eigenvalue weighted by Gasteiger charge is 2.31. The van der Waals surface area contributed by atoms with E-state index in [1.54, 1.807) is 11.1 Å². The molecule has 0 spiro atoms. The third-order valence-corrected chi connectivity index (χ3v) is 3.55. The average molecular weight is 162 g/mol. The summed E-state index contributed by atoms with van der Waals surface area (Å²) in [4.78, 5) is 0. The Labute approximate surface area is 75.4 Å². The predicted molar refractivity (Wildman–Crippen MR) is 53.0 cm³/mol. The van der Waals surface area contributed by atoms with Crippen LogP contribution in [0.2, 0.25) is 0 Å². The third kappa shape index (κ3) is 1.24. The number of hydrogen-bond acceptors (Lipinski definition) is 0. The van der Waals surface area contributed by atoms with Gasteiger partial charge in [-0.25, -0.2) is 0 Å². The Morgan fingerprint density at radius 1 is 1.25 bits per heavy atom. The van der Waals surface area contributed by atoms with Crippen LogP contribution >= 0.6 is 0 Å². The average Bonchev–Trinajstić information content (AvgIpc) is 2.35. The van der Waals surface area contributed by atoms with Gasteiger partial charge in [-0.05, 0) is 44.4 Å². The highest BCUT2D eigenvalue weighted by atomic mass is 14.4. The van der Waals surface area contributed by atoms with E-state index in [2.05, 4.69) is 26.0 Å². The first-order valence-electron chi connectivity index (χ1n) is 5.06. The second-order valence-electron chi connectivity index (χ2n) is 4.58. The zero-order valence-corrected chi connectivity index (χ0v) is 8.19. The molecule has 0 bridgehead atoms. The van der Waals surface area contributed by atoms with E-state index in [-0.39, 0.29) is 0 Å². The van der Waals surface area contributed by atoms with Crippen LogP contribution in [0.1, 0.15) is 46.0 Å². The van der Waals surface area contributed by atoms with Crippen molar-refractivity contribution >= 4 is 0 Å². The van der Waals surface area contributed by atoms with Crippen LogP contribution in [0.3, 0.4) is 0 Å². The molecular formula is C12H18. The van der Waals surface area contributed by atoms with Crippen molar-refractivity contribution in [1.82, 2.24) is 0 Å². The molecule has 66 valence electrons. The van der Waals surface area contributed by atoms with E-state index in [0.717, 1.165) is 0 Å². The van der Waals surface area contributed by atoms with Crippen molar-refractivity contribution in [2.45, 2.75) is 46.0 Å². The minimum atomic E-state index is 0.539. The highest BCUT2D eigenvalue weighted by molar-refractivity contribution is 5.24. The summed E-state index contributed by atoms with van der Waals surface area (Å²) in [5, 5.41) is 0. The van der Waals surface area contributed by atoms with Crippen molar-refractivity contribution in [1.29, 1.82) is 0 Å². The van der Waals surface area contributed by atoms with Gasteiger partial charge in [0.15, 0.2) is 0 Å². The number of hydrogen-bond donors (Lipinski definition) is 0. The summed E-state index contributed by atoms with van der Waals surface area (Å²) in [6, 6.07) is 0. The maximum atomic E-state index is 2.48. The van der Waals surface area contributed by atoms with Gasteiger partial charge < -0.3 is 0 Å². The van der Waals surface area contributed by atoms with Crippen LogP contribution in [-0.2, 0) is 0 Å². The molecule has 2 aliphatic carbocycles. The minimum absolute atomic E-state index is 0.539. The Balaban J connectivity index is 2.24. The molecule has 2 aliphatic rings. The molecule has 1 atom stereocenters. The lowest BCUT2D eigenvalue weighted by Gasteiger charge is -2.25. The van der Waals surface area contributed by atoms with Gasteiger partial charge in [-0.1, -0.05) is 30.2 Å². The van der Waals surface area contributed by atoms with E-state index < -0.39 is 0 Å². The molecule has 0 heteroatoms. The van der Waals surface area contributed by atoms with Gasteiger partial charge in [-0.2, -0.15) is 0 Å². The molecule has 0 N–H and O–H groups in total. The van der Waals surface area contributed by atoms with Crippen LogP contribution in [-0.4, -0.2) is 0 Å². The predicted octanol–water partition coefficient (Wildman–Crippen LogP) is 3.84. The topological polar surface area (TPSA) is 0 Å². The summed E-state index contributed by atoms with van der Waals surface area (Å²) in [7, 11) is 0. The summed E-state index contributed by atoms with van der Waals surface area (Å²) in [5.41, 5.74) is 3.86. The first-order chi connectivity index (χ1) is 5.71. The van der Waals surface area contributed by atoms with Crippen LogP contribution < -0.4 is 0 Å². The summed E-state index contributed by atoms with van der Waals surface area (Å²) < 4.78 is 0. The van der Waals surface area contributed by atoms with Gasteiger partial charge in [0.25, 0.3) is 0 Å². The molecule has 0 saturated heterocycles. The van der Waals surface area contributed by atoms with Gasteiger partial charge in [-0.3, -0.25) is 0 Å². The third-order valence-electron chi connectivity index (χ3n) is 3.55. The van der Waals surface area contributed by atoms with Gasteiger partial charge in [0, 0.05) is 0 Å². The molecule has 0 fully saturated rings. The van der Waals surface area contributed by atoms with E-state index in [1.165, 1.54) is 32.1 Å². The lowest BCUT2D eigenvalue weighted by Crippen LogP contribution is -2.13. The Bertz CT molecular complexity index is 245. The van der Waals surface area contributed by atoms with E-state index in [1.807, 2.05) is 0 Å². The smallest absolute Gasteiger partial charge is 0.00788 e. The standard InChI is InChI=1S/C12H18/c1-10-5-6-11-4-3-8-12(11,2)9-7-10/h4,7H,3,5-6,8-9H2,1-2H3. The molecule has 0 aromatic carbocycles. The molecule has 0 aromatic rings. The van der Waals surface area contributed by atoms with E-state index in [0.29, 0.717) is 5.41 Å². The number of allylic oxidation sites excluding steroid dienone is 4. The van der Waals surface area contributed by atoms with Crippen molar-refractivity contribution in [3.8, 4) is 0 Å². The van der Waals surface area contributed by atoms with Gasteiger partial charge in [0.1, 0.15) is 0 Å². The van der Waals surface area contributed by atoms with Crippen LogP contribution in [0.15, 0.2) is 23.3 Å². The summed E-state index contributed by atoms with van der Waals surface area (Å²) in [5.74, 6) is 0. The minimum Gasteiger partial charge on any atom is -0.0847 e. The lowest BCUT2D eigenvalue weighted by molar-refractivity contribution is 0.393. The maximum Gasteiger partial charge on any atom is -0.00788 e. The van der Waals surface area contributed by atoms with Crippen LogP contribution in [0.5, 0.6) is 0 Å². The fraction of sp³-hybridized carbons (Fsp3) is 0.667. The van der Waals surface area contributed by atoms with Crippen molar-refractivity contribution in [2.75, 3.05) is 0 Å². The first-order valence-corrected chi connectivity index (χ1v) is 5.06. The molecular weight excluding hydrogens is 144 g/mol. The zero-order valence-electron chi connectivity index (χ0n) is 8.19. The summed E-state index contributed by atoms with van der Waals surface area (Å²) in [6.07, 6.45) is 11.5.